The quantitative estimate of drug-likeness (QED) is 0.571. The molecule has 2 fully saturated rings. The van der Waals surface area contributed by atoms with Gasteiger partial charge >= 0.3 is 0 Å². The molecule has 0 saturated carbocycles. The number of methoxy groups -OCH3 is 1. The zero-order chi connectivity index (χ0) is 24.4. The third kappa shape index (κ3) is 2.96. The van der Waals surface area contributed by atoms with Gasteiger partial charge in [0, 0.05) is 29.3 Å². The van der Waals surface area contributed by atoms with Gasteiger partial charge in [0.2, 0.25) is 23.6 Å². The van der Waals surface area contributed by atoms with Crippen LogP contribution in [-0.2, 0) is 31.3 Å². The van der Waals surface area contributed by atoms with Crippen molar-refractivity contribution < 1.29 is 23.9 Å². The van der Waals surface area contributed by atoms with E-state index >= 15 is 0 Å². The highest BCUT2D eigenvalue weighted by molar-refractivity contribution is 6.15. The van der Waals surface area contributed by atoms with Gasteiger partial charge in [-0.15, -0.1) is 0 Å². The molecule has 5 rings (SSSR count). The third-order valence-electron chi connectivity index (χ3n) is 7.20. The molecule has 4 atom stereocenters. The fourth-order valence-corrected chi connectivity index (χ4v) is 5.87. The summed E-state index contributed by atoms with van der Waals surface area (Å²) < 4.78 is 5.39. The standard InChI is InChI=1S/C25H26N4O5/c1-12-8-13(2)21-15(9-12)25(24(33)27-21)20-19(16(28-25)10-18(26)30)22(31)29(23(20)32)11-14-6-4-5-7-17(14)34-3/h4-9,16,19-20,28H,10-11H2,1-3H3,(H2,26,30)(H,27,33)/t16-,19-,20-,25-/m1/s1. The van der Waals surface area contributed by atoms with Crippen molar-refractivity contribution in [3.63, 3.8) is 0 Å². The molecule has 0 bridgehead atoms. The van der Waals surface area contributed by atoms with Crippen molar-refractivity contribution in [3.8, 4) is 5.75 Å². The maximum absolute atomic E-state index is 13.8. The second-order valence-corrected chi connectivity index (χ2v) is 9.27. The van der Waals surface area contributed by atoms with E-state index in [1.165, 1.54) is 12.0 Å². The number of fused-ring (bicyclic) bond motifs is 4. The minimum Gasteiger partial charge on any atom is -0.496 e. The Balaban J connectivity index is 1.63. The Bertz CT molecular complexity index is 1260. The number of ether oxygens (including phenoxy) is 1. The normalized spacial score (nSPS) is 27.2. The van der Waals surface area contributed by atoms with E-state index < -0.39 is 47.0 Å². The van der Waals surface area contributed by atoms with Crippen molar-refractivity contribution in [2.75, 3.05) is 12.4 Å². The Kier molecular flexibility index (Phi) is 4.98. The summed E-state index contributed by atoms with van der Waals surface area (Å²) in [6.07, 6.45) is -0.169. The molecular weight excluding hydrogens is 436 g/mol. The monoisotopic (exact) mass is 462 g/mol. The summed E-state index contributed by atoms with van der Waals surface area (Å²) in [6, 6.07) is 10.2. The number of carbonyl (C=O) groups is 4. The van der Waals surface area contributed by atoms with Crippen molar-refractivity contribution in [2.24, 2.45) is 17.6 Å². The summed E-state index contributed by atoms with van der Waals surface area (Å²) in [5.41, 5.74) is 7.74. The van der Waals surface area contributed by atoms with E-state index in [1.807, 2.05) is 26.0 Å². The Hall–Kier alpha value is -3.72. The van der Waals surface area contributed by atoms with Crippen molar-refractivity contribution in [1.82, 2.24) is 10.2 Å². The number of nitrogens with two attached hydrogens (primary N) is 1. The number of carbonyl (C=O) groups excluding carboxylic acids is 4. The minimum atomic E-state index is -1.46. The average molecular weight is 463 g/mol. The van der Waals surface area contributed by atoms with Gasteiger partial charge in [0.25, 0.3) is 0 Å². The summed E-state index contributed by atoms with van der Waals surface area (Å²) in [5, 5.41) is 6.13. The van der Waals surface area contributed by atoms with Crippen molar-refractivity contribution >= 4 is 29.3 Å². The van der Waals surface area contributed by atoms with Gasteiger partial charge in [-0.05, 0) is 25.5 Å². The summed E-state index contributed by atoms with van der Waals surface area (Å²) in [7, 11) is 1.52. The Labute approximate surface area is 196 Å². The molecule has 0 aromatic heterocycles. The molecule has 1 spiro atoms. The van der Waals surface area contributed by atoms with Crippen LogP contribution in [0.2, 0.25) is 0 Å². The summed E-state index contributed by atoms with van der Waals surface area (Å²) >= 11 is 0. The second kappa shape index (κ2) is 7.66. The topological polar surface area (TPSA) is 131 Å². The molecular formula is C25H26N4O5. The third-order valence-corrected chi connectivity index (χ3v) is 7.20. The number of aryl methyl sites for hydroxylation is 2. The number of para-hydroxylation sites is 1. The Morgan fingerprint density at radius 1 is 1.15 bits per heavy atom. The van der Waals surface area contributed by atoms with E-state index in [4.69, 9.17) is 10.5 Å². The molecule has 34 heavy (non-hydrogen) atoms. The fourth-order valence-electron chi connectivity index (χ4n) is 5.87. The van der Waals surface area contributed by atoms with Crippen LogP contribution in [0.4, 0.5) is 5.69 Å². The average Bonchev–Trinajstić information content (AvgIpc) is 3.35. The summed E-state index contributed by atoms with van der Waals surface area (Å²) in [6.45, 7) is 3.80. The lowest BCUT2D eigenvalue weighted by Crippen LogP contribution is -2.53. The lowest BCUT2D eigenvalue weighted by Gasteiger charge is -2.29. The molecule has 4 N–H and O–H groups in total. The highest BCUT2D eigenvalue weighted by Gasteiger charge is 2.70. The first-order chi connectivity index (χ1) is 16.2. The van der Waals surface area contributed by atoms with Crippen LogP contribution in [-0.4, -0.2) is 41.7 Å². The van der Waals surface area contributed by atoms with E-state index in [1.54, 1.807) is 24.3 Å². The first kappa shape index (κ1) is 22.1. The number of hydrogen-bond donors (Lipinski definition) is 3. The van der Waals surface area contributed by atoms with Gasteiger partial charge in [-0.3, -0.25) is 29.4 Å². The number of benzene rings is 2. The maximum Gasteiger partial charge on any atom is 0.250 e. The minimum absolute atomic E-state index is 0.00930. The first-order valence-corrected chi connectivity index (χ1v) is 11.1. The molecule has 3 aliphatic heterocycles. The van der Waals surface area contributed by atoms with Crippen LogP contribution in [0.5, 0.6) is 5.75 Å². The van der Waals surface area contributed by atoms with Gasteiger partial charge < -0.3 is 15.8 Å². The number of amides is 4. The molecule has 0 aliphatic carbocycles. The molecule has 9 heteroatoms. The van der Waals surface area contributed by atoms with Crippen LogP contribution in [0, 0.1) is 25.7 Å². The number of primary amides is 1. The number of likely N-dealkylation sites (tertiary alicyclic amines) is 1. The van der Waals surface area contributed by atoms with Crippen LogP contribution < -0.4 is 21.1 Å². The van der Waals surface area contributed by atoms with Crippen LogP contribution in [0.25, 0.3) is 0 Å². The number of nitrogens with one attached hydrogen (secondary N) is 2. The molecule has 0 radical (unpaired) electrons. The van der Waals surface area contributed by atoms with Crippen LogP contribution in [0.1, 0.15) is 28.7 Å². The predicted octanol–water partition coefficient (Wildman–Crippen LogP) is 1.11. The van der Waals surface area contributed by atoms with Gasteiger partial charge in [-0.2, -0.15) is 0 Å². The van der Waals surface area contributed by atoms with Gasteiger partial charge in [-0.1, -0.05) is 35.9 Å². The Morgan fingerprint density at radius 3 is 2.59 bits per heavy atom. The molecule has 2 aromatic carbocycles. The first-order valence-electron chi connectivity index (χ1n) is 11.1. The van der Waals surface area contributed by atoms with Crippen molar-refractivity contribution in [2.45, 2.75) is 38.4 Å². The number of imide groups is 1. The maximum atomic E-state index is 13.8. The van der Waals surface area contributed by atoms with Gasteiger partial charge in [0.1, 0.15) is 11.3 Å². The second-order valence-electron chi connectivity index (χ2n) is 9.27. The molecule has 3 aliphatic rings. The van der Waals surface area contributed by atoms with Crippen LogP contribution in [0.15, 0.2) is 36.4 Å². The van der Waals surface area contributed by atoms with E-state index in [0.29, 0.717) is 22.6 Å². The van der Waals surface area contributed by atoms with Gasteiger partial charge in [0.15, 0.2) is 0 Å². The molecule has 2 aromatic rings. The van der Waals surface area contributed by atoms with E-state index in [9.17, 15) is 19.2 Å². The zero-order valence-electron chi connectivity index (χ0n) is 19.2. The molecule has 4 amide bonds. The highest BCUT2D eigenvalue weighted by atomic mass is 16.5. The molecule has 176 valence electrons. The predicted molar refractivity (Wildman–Crippen MR) is 122 cm³/mol. The number of hydrogen-bond acceptors (Lipinski definition) is 6. The molecule has 0 unspecified atom stereocenters. The Morgan fingerprint density at radius 2 is 1.88 bits per heavy atom. The van der Waals surface area contributed by atoms with Crippen LogP contribution in [0.3, 0.4) is 0 Å². The lowest BCUT2D eigenvalue weighted by atomic mass is 9.76. The smallest absolute Gasteiger partial charge is 0.250 e. The van der Waals surface area contributed by atoms with Gasteiger partial charge in [0.05, 0.1) is 25.5 Å². The zero-order valence-corrected chi connectivity index (χ0v) is 19.2. The molecule has 2 saturated heterocycles. The summed E-state index contributed by atoms with van der Waals surface area (Å²) in [5.74, 6) is -3.25. The summed E-state index contributed by atoms with van der Waals surface area (Å²) in [4.78, 5) is 54.1. The number of rotatable bonds is 5. The molecule has 9 nitrogen and oxygen atoms in total. The van der Waals surface area contributed by atoms with Crippen LogP contribution >= 0.6 is 0 Å². The highest BCUT2D eigenvalue weighted by Crippen LogP contribution is 2.54. The lowest BCUT2D eigenvalue weighted by molar-refractivity contribution is -0.143. The van der Waals surface area contributed by atoms with Gasteiger partial charge in [-0.25, -0.2) is 0 Å². The van der Waals surface area contributed by atoms with Crippen molar-refractivity contribution in [3.05, 3.63) is 58.7 Å². The van der Waals surface area contributed by atoms with Crippen molar-refractivity contribution in [1.29, 1.82) is 0 Å². The fraction of sp³-hybridized carbons (Fsp3) is 0.360. The molecule has 3 heterocycles. The number of anilines is 1. The number of nitrogens with zero attached hydrogens (tertiary/aromatic N) is 1. The largest absolute Gasteiger partial charge is 0.496 e. The van der Waals surface area contributed by atoms with E-state index in [0.717, 1.165) is 11.1 Å². The SMILES string of the molecule is COc1ccccc1CN1C(=O)[C@@H]2[C@@H](CC(N)=O)N[C@@]3(C(=O)Nc4c(C)cc(C)cc43)[C@H]2C1=O. The van der Waals surface area contributed by atoms with E-state index in [-0.39, 0.29) is 13.0 Å². The van der Waals surface area contributed by atoms with E-state index in [2.05, 4.69) is 10.6 Å².